The lowest BCUT2D eigenvalue weighted by Gasteiger charge is -2.21. The normalized spacial score (nSPS) is 17.5. The van der Waals surface area contributed by atoms with E-state index in [0.29, 0.717) is 19.6 Å². The fourth-order valence-corrected chi connectivity index (χ4v) is 3.70. The van der Waals surface area contributed by atoms with Crippen molar-refractivity contribution < 1.29 is 19.4 Å². The third-order valence-corrected chi connectivity index (χ3v) is 4.83. The number of nitrogens with zero attached hydrogens (tertiary/aromatic N) is 2. The molecule has 0 saturated heterocycles. The van der Waals surface area contributed by atoms with Gasteiger partial charge in [0.15, 0.2) is 5.13 Å². The minimum atomic E-state index is -0.770. The zero-order chi connectivity index (χ0) is 15.2. The fourth-order valence-electron chi connectivity index (χ4n) is 2.49. The average Bonchev–Trinajstić information content (AvgIpc) is 2.90. The van der Waals surface area contributed by atoms with E-state index in [9.17, 15) is 9.90 Å². The molecule has 0 amide bonds. The van der Waals surface area contributed by atoms with Gasteiger partial charge in [-0.2, -0.15) is 0 Å². The molecule has 0 bridgehead atoms. The van der Waals surface area contributed by atoms with Gasteiger partial charge >= 0.3 is 5.97 Å². The van der Waals surface area contributed by atoms with Crippen LogP contribution in [0.15, 0.2) is 0 Å². The first-order chi connectivity index (χ1) is 10.2. The minimum Gasteiger partial charge on any atom is -0.481 e. The number of aryl methyl sites for hydroxylation is 1. The Morgan fingerprint density at radius 2 is 2.05 bits per heavy atom. The van der Waals surface area contributed by atoms with E-state index in [1.165, 1.54) is 0 Å². The molecule has 2 rings (SSSR count). The summed E-state index contributed by atoms with van der Waals surface area (Å²) in [6, 6.07) is 0. The molecule has 0 saturated carbocycles. The number of ether oxygens (including phenoxy) is 2. The number of hydrogen-bond acceptors (Lipinski definition) is 6. The molecule has 0 aromatic carbocycles. The van der Waals surface area contributed by atoms with Crippen LogP contribution in [0.1, 0.15) is 29.3 Å². The van der Waals surface area contributed by atoms with Crippen LogP contribution in [0.2, 0.25) is 0 Å². The molecular weight excluding hydrogens is 292 g/mol. The summed E-state index contributed by atoms with van der Waals surface area (Å²) in [5, 5.41) is 10.2. The number of aromatic nitrogens is 1. The molecule has 1 heterocycles. The zero-order valence-electron chi connectivity index (χ0n) is 12.5. The van der Waals surface area contributed by atoms with Gasteiger partial charge in [0.25, 0.3) is 0 Å². The number of methoxy groups -OCH3 is 2. The Bertz CT molecular complexity index is 470. The number of carboxylic acids is 1. The Balaban J connectivity index is 2.19. The van der Waals surface area contributed by atoms with Crippen LogP contribution in [0.4, 0.5) is 5.13 Å². The third kappa shape index (κ3) is 3.93. The van der Waals surface area contributed by atoms with Gasteiger partial charge in [-0.3, -0.25) is 4.79 Å². The maximum Gasteiger partial charge on any atom is 0.312 e. The highest BCUT2D eigenvalue weighted by molar-refractivity contribution is 7.15. The zero-order valence-corrected chi connectivity index (χ0v) is 13.3. The summed E-state index contributed by atoms with van der Waals surface area (Å²) in [6.07, 6.45) is 2.53. The molecule has 0 radical (unpaired) electrons. The van der Waals surface area contributed by atoms with Crippen molar-refractivity contribution in [1.82, 2.24) is 4.98 Å². The van der Waals surface area contributed by atoms with Crippen molar-refractivity contribution in [2.24, 2.45) is 0 Å². The highest BCUT2D eigenvalue weighted by atomic mass is 32.1. The Labute approximate surface area is 128 Å². The van der Waals surface area contributed by atoms with Crippen LogP contribution in [-0.4, -0.2) is 56.6 Å². The standard InChI is InChI=1S/C14H22N2O4S/c1-19-8-6-16(7-9-20-2)14-15-12-10(13(17)18)4-3-5-11(12)21-14/h10H,3-9H2,1-2H3,(H,17,18). The molecule has 21 heavy (non-hydrogen) atoms. The monoisotopic (exact) mass is 314 g/mol. The van der Waals surface area contributed by atoms with Gasteiger partial charge in [-0.25, -0.2) is 4.98 Å². The lowest BCUT2D eigenvalue weighted by Crippen LogP contribution is -2.30. The van der Waals surface area contributed by atoms with Crippen molar-refractivity contribution in [3.05, 3.63) is 10.6 Å². The summed E-state index contributed by atoms with van der Waals surface area (Å²) < 4.78 is 10.3. The summed E-state index contributed by atoms with van der Waals surface area (Å²) in [7, 11) is 3.34. The minimum absolute atomic E-state index is 0.453. The first kappa shape index (κ1) is 16.2. The Morgan fingerprint density at radius 1 is 1.38 bits per heavy atom. The summed E-state index contributed by atoms with van der Waals surface area (Å²) in [5.74, 6) is -1.22. The van der Waals surface area contributed by atoms with Crippen LogP contribution in [0.25, 0.3) is 0 Å². The second-order valence-electron chi connectivity index (χ2n) is 5.06. The van der Waals surface area contributed by atoms with Gasteiger partial charge < -0.3 is 19.5 Å². The molecule has 0 fully saturated rings. The molecule has 1 aromatic heterocycles. The van der Waals surface area contributed by atoms with Gasteiger partial charge in [0.05, 0.1) is 18.9 Å². The first-order valence-electron chi connectivity index (χ1n) is 7.12. The number of carboxylic acid groups (broad SMARTS) is 1. The molecule has 1 N–H and O–H groups in total. The predicted molar refractivity (Wildman–Crippen MR) is 81.4 cm³/mol. The van der Waals surface area contributed by atoms with Gasteiger partial charge in [-0.15, -0.1) is 11.3 Å². The van der Waals surface area contributed by atoms with E-state index in [4.69, 9.17) is 9.47 Å². The topological polar surface area (TPSA) is 71.9 Å². The van der Waals surface area contributed by atoms with Crippen molar-refractivity contribution >= 4 is 22.4 Å². The summed E-state index contributed by atoms with van der Waals surface area (Å²) in [5.41, 5.74) is 0.758. The molecule has 0 spiro atoms. The van der Waals surface area contributed by atoms with E-state index in [1.54, 1.807) is 25.6 Å². The first-order valence-corrected chi connectivity index (χ1v) is 7.94. The molecular formula is C14H22N2O4S. The average molecular weight is 314 g/mol. The van der Waals surface area contributed by atoms with Crippen molar-refractivity contribution in [3.63, 3.8) is 0 Å². The number of aliphatic carboxylic acids is 1. The second-order valence-corrected chi connectivity index (χ2v) is 6.12. The van der Waals surface area contributed by atoms with Gasteiger partial charge in [0.1, 0.15) is 5.92 Å². The Morgan fingerprint density at radius 3 is 2.62 bits per heavy atom. The van der Waals surface area contributed by atoms with Crippen LogP contribution in [-0.2, 0) is 20.7 Å². The lowest BCUT2D eigenvalue weighted by molar-refractivity contribution is -0.139. The van der Waals surface area contributed by atoms with Crippen LogP contribution >= 0.6 is 11.3 Å². The second kappa shape index (κ2) is 7.72. The van der Waals surface area contributed by atoms with Crippen LogP contribution < -0.4 is 4.90 Å². The quantitative estimate of drug-likeness (QED) is 0.788. The number of thiazole rings is 1. The lowest BCUT2D eigenvalue weighted by atomic mass is 9.91. The molecule has 1 aliphatic rings. The van der Waals surface area contributed by atoms with Crippen LogP contribution in [0.3, 0.4) is 0 Å². The summed E-state index contributed by atoms with van der Waals surface area (Å²) >= 11 is 1.61. The maximum absolute atomic E-state index is 11.4. The highest BCUT2D eigenvalue weighted by Crippen LogP contribution is 2.37. The van der Waals surface area contributed by atoms with E-state index in [0.717, 1.165) is 41.6 Å². The molecule has 1 aromatic rings. The Kier molecular flexibility index (Phi) is 5.96. The van der Waals surface area contributed by atoms with Crippen molar-refractivity contribution in [2.75, 3.05) is 45.4 Å². The number of carbonyl (C=O) groups is 1. The number of hydrogen-bond donors (Lipinski definition) is 1. The molecule has 1 atom stereocenters. The van der Waals surface area contributed by atoms with E-state index >= 15 is 0 Å². The molecule has 118 valence electrons. The van der Waals surface area contributed by atoms with E-state index in [2.05, 4.69) is 9.88 Å². The number of fused-ring (bicyclic) bond motifs is 1. The van der Waals surface area contributed by atoms with Crippen LogP contribution in [0, 0.1) is 0 Å². The Hall–Kier alpha value is -1.18. The maximum atomic E-state index is 11.4. The van der Waals surface area contributed by atoms with Crippen molar-refractivity contribution in [3.8, 4) is 0 Å². The number of anilines is 1. The predicted octanol–water partition coefficient (Wildman–Crippen LogP) is 1.75. The van der Waals surface area contributed by atoms with Crippen LogP contribution in [0.5, 0.6) is 0 Å². The molecule has 6 nitrogen and oxygen atoms in total. The molecule has 0 aliphatic heterocycles. The van der Waals surface area contributed by atoms with E-state index in [1.807, 2.05) is 0 Å². The summed E-state index contributed by atoms with van der Waals surface area (Å²) in [4.78, 5) is 19.2. The molecule has 7 heteroatoms. The van der Waals surface area contributed by atoms with E-state index in [-0.39, 0.29) is 0 Å². The summed E-state index contributed by atoms with van der Waals surface area (Å²) in [6.45, 7) is 2.67. The third-order valence-electron chi connectivity index (χ3n) is 3.64. The number of rotatable bonds is 8. The van der Waals surface area contributed by atoms with Gasteiger partial charge in [0.2, 0.25) is 0 Å². The van der Waals surface area contributed by atoms with Crippen molar-refractivity contribution in [1.29, 1.82) is 0 Å². The van der Waals surface area contributed by atoms with Gasteiger partial charge in [-0.1, -0.05) is 0 Å². The highest BCUT2D eigenvalue weighted by Gasteiger charge is 2.30. The largest absolute Gasteiger partial charge is 0.481 e. The van der Waals surface area contributed by atoms with E-state index < -0.39 is 11.9 Å². The van der Waals surface area contributed by atoms with Gasteiger partial charge in [0, 0.05) is 32.2 Å². The SMILES string of the molecule is COCCN(CCOC)c1nc2c(s1)CCCC2C(=O)O. The molecule has 1 unspecified atom stereocenters. The van der Waals surface area contributed by atoms with Crippen molar-refractivity contribution in [2.45, 2.75) is 25.2 Å². The van der Waals surface area contributed by atoms with Gasteiger partial charge in [-0.05, 0) is 19.3 Å². The fraction of sp³-hybridized carbons (Fsp3) is 0.714. The smallest absolute Gasteiger partial charge is 0.312 e. The molecule has 1 aliphatic carbocycles.